The minimum absolute atomic E-state index is 0.0224. The normalized spacial score (nSPS) is 10.0. The van der Waals surface area contributed by atoms with Crippen LogP contribution in [0.5, 0.6) is 0 Å². The summed E-state index contributed by atoms with van der Waals surface area (Å²) in [5, 5.41) is 5.26. The Labute approximate surface area is 141 Å². The number of Topliss-reactive ketones (excluding diaryl/α,β-unsaturated/α-hetero) is 1. The van der Waals surface area contributed by atoms with E-state index in [9.17, 15) is 14.4 Å². The van der Waals surface area contributed by atoms with Crippen molar-refractivity contribution in [2.24, 2.45) is 0 Å². The van der Waals surface area contributed by atoms with Crippen molar-refractivity contribution < 1.29 is 14.4 Å². The first kappa shape index (κ1) is 17.4. The van der Waals surface area contributed by atoms with Crippen LogP contribution in [-0.4, -0.2) is 24.6 Å². The van der Waals surface area contributed by atoms with Gasteiger partial charge in [0.25, 0.3) is 5.91 Å². The molecule has 0 fully saturated rings. The summed E-state index contributed by atoms with van der Waals surface area (Å²) >= 11 is 0. The van der Waals surface area contributed by atoms with Gasteiger partial charge in [-0.15, -0.1) is 0 Å². The van der Waals surface area contributed by atoms with Crippen molar-refractivity contribution in [2.75, 3.05) is 12.4 Å². The van der Waals surface area contributed by atoms with E-state index in [0.717, 1.165) is 0 Å². The number of benzene rings is 2. The molecule has 0 bridgehead atoms. The summed E-state index contributed by atoms with van der Waals surface area (Å²) in [7, 11) is 1.54. The van der Waals surface area contributed by atoms with Crippen molar-refractivity contribution in [2.45, 2.75) is 19.3 Å². The van der Waals surface area contributed by atoms with Crippen LogP contribution in [0, 0.1) is 0 Å². The summed E-state index contributed by atoms with van der Waals surface area (Å²) in [5.74, 6) is -0.452. The molecule has 2 aromatic carbocycles. The molecular weight excluding hydrogens is 304 g/mol. The standard InChI is InChI=1S/C19H20N2O3/c1-20-19(24)15-10-5-6-11-16(15)21-18(23)13-7-12-17(22)14-8-3-2-4-9-14/h2-6,8-11H,7,12-13H2,1H3,(H,20,24)(H,21,23). The van der Waals surface area contributed by atoms with E-state index >= 15 is 0 Å². The second kappa shape index (κ2) is 8.62. The molecule has 2 rings (SSSR count). The molecule has 0 heterocycles. The molecule has 0 radical (unpaired) electrons. The molecule has 2 N–H and O–H groups in total. The Morgan fingerprint density at radius 3 is 2.25 bits per heavy atom. The lowest BCUT2D eigenvalue weighted by atomic mass is 10.1. The number of rotatable bonds is 7. The molecule has 0 aliphatic heterocycles. The number of amides is 2. The summed E-state index contributed by atoms with van der Waals surface area (Å²) in [6, 6.07) is 15.8. The van der Waals surface area contributed by atoms with E-state index in [-0.39, 0.29) is 24.0 Å². The van der Waals surface area contributed by atoms with Crippen molar-refractivity contribution in [1.82, 2.24) is 5.32 Å². The van der Waals surface area contributed by atoms with Crippen LogP contribution in [0.2, 0.25) is 0 Å². The number of ketones is 1. The Morgan fingerprint density at radius 2 is 1.54 bits per heavy atom. The molecule has 2 amide bonds. The van der Waals surface area contributed by atoms with E-state index in [1.54, 1.807) is 36.4 Å². The molecule has 0 aliphatic carbocycles. The Bertz CT molecular complexity index is 726. The number of hydrogen-bond donors (Lipinski definition) is 2. The molecule has 0 aromatic heterocycles. The van der Waals surface area contributed by atoms with Crippen molar-refractivity contribution >= 4 is 23.3 Å². The zero-order valence-electron chi connectivity index (χ0n) is 13.5. The largest absolute Gasteiger partial charge is 0.355 e. The quantitative estimate of drug-likeness (QED) is 0.769. The summed E-state index contributed by atoms with van der Waals surface area (Å²) in [6.07, 6.45) is 0.997. The number of anilines is 1. The van der Waals surface area contributed by atoms with Gasteiger partial charge in [0, 0.05) is 25.5 Å². The van der Waals surface area contributed by atoms with Crippen molar-refractivity contribution in [3.05, 3.63) is 65.7 Å². The fraction of sp³-hybridized carbons (Fsp3) is 0.211. The lowest BCUT2D eigenvalue weighted by Crippen LogP contribution is -2.21. The molecule has 0 atom stereocenters. The zero-order chi connectivity index (χ0) is 17.4. The third-order valence-electron chi connectivity index (χ3n) is 3.58. The predicted octanol–water partition coefficient (Wildman–Crippen LogP) is 3.04. The lowest BCUT2D eigenvalue weighted by molar-refractivity contribution is -0.116. The van der Waals surface area contributed by atoms with E-state index < -0.39 is 0 Å². The molecule has 5 nitrogen and oxygen atoms in total. The Balaban J connectivity index is 1.86. The molecule has 0 saturated heterocycles. The summed E-state index contributed by atoms with van der Waals surface area (Å²) in [6.45, 7) is 0. The van der Waals surface area contributed by atoms with Gasteiger partial charge in [0.1, 0.15) is 0 Å². The number of nitrogens with one attached hydrogen (secondary N) is 2. The summed E-state index contributed by atoms with van der Waals surface area (Å²) in [5.41, 5.74) is 1.54. The highest BCUT2D eigenvalue weighted by atomic mass is 16.2. The van der Waals surface area contributed by atoms with Gasteiger partial charge < -0.3 is 10.6 Å². The van der Waals surface area contributed by atoms with Crippen LogP contribution in [0.25, 0.3) is 0 Å². The molecular formula is C19H20N2O3. The predicted molar refractivity (Wildman–Crippen MR) is 93.1 cm³/mol. The highest BCUT2D eigenvalue weighted by molar-refractivity contribution is 6.03. The van der Waals surface area contributed by atoms with Gasteiger partial charge in [-0.3, -0.25) is 14.4 Å². The van der Waals surface area contributed by atoms with Gasteiger partial charge in [-0.05, 0) is 18.6 Å². The van der Waals surface area contributed by atoms with E-state index in [1.807, 2.05) is 18.2 Å². The van der Waals surface area contributed by atoms with Crippen LogP contribution < -0.4 is 10.6 Å². The minimum atomic E-state index is -0.259. The molecule has 2 aromatic rings. The number of para-hydroxylation sites is 1. The first-order chi connectivity index (χ1) is 11.6. The van der Waals surface area contributed by atoms with Gasteiger partial charge in [-0.25, -0.2) is 0 Å². The molecule has 0 spiro atoms. The maximum atomic E-state index is 12.0. The van der Waals surface area contributed by atoms with Crippen LogP contribution in [0.4, 0.5) is 5.69 Å². The lowest BCUT2D eigenvalue weighted by Gasteiger charge is -2.10. The molecule has 5 heteroatoms. The minimum Gasteiger partial charge on any atom is -0.355 e. The SMILES string of the molecule is CNC(=O)c1ccccc1NC(=O)CCCC(=O)c1ccccc1. The fourth-order valence-electron chi connectivity index (χ4n) is 2.32. The van der Waals surface area contributed by atoms with Crippen LogP contribution in [-0.2, 0) is 4.79 Å². The Hall–Kier alpha value is -2.95. The topological polar surface area (TPSA) is 75.3 Å². The van der Waals surface area contributed by atoms with Crippen LogP contribution in [0.3, 0.4) is 0 Å². The Morgan fingerprint density at radius 1 is 0.875 bits per heavy atom. The number of hydrogen-bond acceptors (Lipinski definition) is 3. The van der Waals surface area contributed by atoms with Crippen LogP contribution in [0.1, 0.15) is 40.0 Å². The van der Waals surface area contributed by atoms with E-state index in [1.165, 1.54) is 7.05 Å². The van der Waals surface area contributed by atoms with Gasteiger partial charge >= 0.3 is 0 Å². The third-order valence-corrected chi connectivity index (χ3v) is 3.58. The maximum Gasteiger partial charge on any atom is 0.253 e. The Kier molecular flexibility index (Phi) is 6.25. The molecule has 124 valence electrons. The first-order valence-corrected chi connectivity index (χ1v) is 7.81. The van der Waals surface area contributed by atoms with E-state index in [0.29, 0.717) is 29.7 Å². The monoisotopic (exact) mass is 324 g/mol. The zero-order valence-corrected chi connectivity index (χ0v) is 13.5. The van der Waals surface area contributed by atoms with E-state index in [2.05, 4.69) is 10.6 Å². The highest BCUT2D eigenvalue weighted by Gasteiger charge is 2.12. The van der Waals surface area contributed by atoms with Gasteiger partial charge in [0.15, 0.2) is 5.78 Å². The van der Waals surface area contributed by atoms with E-state index in [4.69, 9.17) is 0 Å². The third kappa shape index (κ3) is 4.78. The van der Waals surface area contributed by atoms with Gasteiger partial charge in [-0.1, -0.05) is 42.5 Å². The van der Waals surface area contributed by atoms with Crippen molar-refractivity contribution in [3.63, 3.8) is 0 Å². The van der Waals surface area contributed by atoms with Gasteiger partial charge in [-0.2, -0.15) is 0 Å². The molecule has 0 saturated carbocycles. The fourth-order valence-corrected chi connectivity index (χ4v) is 2.32. The highest BCUT2D eigenvalue weighted by Crippen LogP contribution is 2.16. The molecule has 24 heavy (non-hydrogen) atoms. The van der Waals surface area contributed by atoms with Crippen LogP contribution in [0.15, 0.2) is 54.6 Å². The smallest absolute Gasteiger partial charge is 0.253 e. The average molecular weight is 324 g/mol. The summed E-state index contributed by atoms with van der Waals surface area (Å²) in [4.78, 5) is 35.8. The average Bonchev–Trinajstić information content (AvgIpc) is 2.62. The molecule has 0 aliphatic rings. The van der Waals surface area contributed by atoms with Gasteiger partial charge in [0.2, 0.25) is 5.91 Å². The van der Waals surface area contributed by atoms with Gasteiger partial charge in [0.05, 0.1) is 11.3 Å². The first-order valence-electron chi connectivity index (χ1n) is 7.81. The second-order valence-corrected chi connectivity index (χ2v) is 5.32. The second-order valence-electron chi connectivity index (χ2n) is 5.32. The van der Waals surface area contributed by atoms with Crippen molar-refractivity contribution in [1.29, 1.82) is 0 Å². The summed E-state index contributed by atoms with van der Waals surface area (Å²) < 4.78 is 0. The van der Waals surface area contributed by atoms with Crippen LogP contribution >= 0.6 is 0 Å². The maximum absolute atomic E-state index is 12.0. The molecule has 0 unspecified atom stereocenters. The number of carbonyl (C=O) groups is 3. The van der Waals surface area contributed by atoms with Crippen molar-refractivity contribution in [3.8, 4) is 0 Å². The number of carbonyl (C=O) groups excluding carboxylic acids is 3.